The van der Waals surface area contributed by atoms with Gasteiger partial charge in [0.05, 0.1) is 18.9 Å². The zero-order valence-electron chi connectivity index (χ0n) is 16.8. The topological polar surface area (TPSA) is 108 Å². The third-order valence-electron chi connectivity index (χ3n) is 4.17. The number of hydrogen-bond donors (Lipinski definition) is 1. The van der Waals surface area contributed by atoms with E-state index in [0.717, 1.165) is 6.20 Å². The highest BCUT2D eigenvalue weighted by molar-refractivity contribution is 7.99. The average Bonchev–Trinajstić information content (AvgIpc) is 3.26. The summed E-state index contributed by atoms with van der Waals surface area (Å²) in [5.41, 5.74) is -1.69. The van der Waals surface area contributed by atoms with Gasteiger partial charge in [-0.15, -0.1) is 10.2 Å². The van der Waals surface area contributed by atoms with E-state index in [0.29, 0.717) is 14.7 Å². The Morgan fingerprint density at radius 1 is 1.06 bits per heavy atom. The molecule has 0 aromatic carbocycles. The van der Waals surface area contributed by atoms with Gasteiger partial charge >= 0.3 is 6.18 Å². The molecule has 0 spiro atoms. The predicted octanol–water partition coefficient (Wildman–Crippen LogP) is 3.88. The van der Waals surface area contributed by atoms with Crippen LogP contribution in [-0.4, -0.2) is 43.0 Å². The predicted molar refractivity (Wildman–Crippen MR) is 111 cm³/mol. The third-order valence-corrected chi connectivity index (χ3v) is 5.06. The number of alkyl halides is 3. The minimum Gasteiger partial charge on any atom is -0.480 e. The molecule has 0 aliphatic carbocycles. The van der Waals surface area contributed by atoms with Crippen LogP contribution in [0.3, 0.4) is 0 Å². The highest BCUT2D eigenvalue weighted by atomic mass is 32.2. The second kappa shape index (κ2) is 9.24. The van der Waals surface area contributed by atoms with Gasteiger partial charge in [-0.3, -0.25) is 4.79 Å². The number of pyridine rings is 2. The monoisotopic (exact) mass is 473 g/mol. The first-order chi connectivity index (χ1) is 15.8. The Bertz CT molecular complexity index is 1260. The van der Waals surface area contributed by atoms with E-state index in [1.807, 2.05) is 6.07 Å². The summed E-state index contributed by atoms with van der Waals surface area (Å²) in [6, 6.07) is 10.9. The number of rotatable bonds is 6. The number of methoxy groups -OCH3 is 1. The molecule has 13 heteroatoms. The summed E-state index contributed by atoms with van der Waals surface area (Å²) in [6.07, 6.45) is -1.00. The summed E-state index contributed by atoms with van der Waals surface area (Å²) in [4.78, 5) is 21.1. The molecule has 0 bridgehead atoms. The van der Waals surface area contributed by atoms with Gasteiger partial charge in [0.25, 0.3) is 5.91 Å². The molecule has 0 radical (unpaired) electrons. The quantitative estimate of drug-likeness (QED) is 0.450. The van der Waals surface area contributed by atoms with Crippen molar-refractivity contribution in [1.82, 2.24) is 29.9 Å². The molecule has 1 amide bonds. The fourth-order valence-electron chi connectivity index (χ4n) is 2.75. The van der Waals surface area contributed by atoms with Gasteiger partial charge in [-0.1, -0.05) is 17.8 Å². The first kappa shape index (κ1) is 22.2. The van der Waals surface area contributed by atoms with Crippen LogP contribution in [0.4, 0.5) is 18.9 Å². The zero-order valence-corrected chi connectivity index (χ0v) is 17.6. The van der Waals surface area contributed by atoms with Crippen LogP contribution in [0.1, 0.15) is 16.1 Å². The summed E-state index contributed by atoms with van der Waals surface area (Å²) in [5, 5.41) is 14.7. The Morgan fingerprint density at radius 2 is 1.88 bits per heavy atom. The second-order valence-electron chi connectivity index (χ2n) is 6.36. The van der Waals surface area contributed by atoms with E-state index in [9.17, 15) is 18.0 Å². The molecule has 0 unspecified atom stereocenters. The number of aromatic nitrogens is 6. The number of hydrogen-bond acceptors (Lipinski definition) is 8. The fraction of sp³-hybridized carbons (Fsp3) is 0.100. The molecule has 4 aromatic heterocycles. The summed E-state index contributed by atoms with van der Waals surface area (Å²) in [5.74, 6) is -1.09. The maximum Gasteiger partial charge on any atom is 0.434 e. The maximum absolute atomic E-state index is 13.8. The van der Waals surface area contributed by atoms with Crippen LogP contribution < -0.4 is 10.1 Å². The molecule has 4 rings (SSSR count). The molecule has 1 N–H and O–H groups in total. The maximum atomic E-state index is 13.8. The van der Waals surface area contributed by atoms with Crippen LogP contribution in [0.5, 0.6) is 5.88 Å². The Balaban J connectivity index is 1.61. The van der Waals surface area contributed by atoms with Gasteiger partial charge in [-0.2, -0.15) is 18.3 Å². The molecule has 0 aliphatic heterocycles. The lowest BCUT2D eigenvalue weighted by atomic mass is 10.2. The number of carbonyl (C=O) groups is 1. The van der Waals surface area contributed by atoms with Crippen molar-refractivity contribution in [3.63, 3.8) is 0 Å². The van der Waals surface area contributed by atoms with Gasteiger partial charge in [0, 0.05) is 24.1 Å². The molecule has 33 heavy (non-hydrogen) atoms. The van der Waals surface area contributed by atoms with Gasteiger partial charge < -0.3 is 10.1 Å². The highest BCUT2D eigenvalue weighted by Gasteiger charge is 2.41. The molecule has 0 atom stereocenters. The zero-order chi connectivity index (χ0) is 23.4. The van der Waals surface area contributed by atoms with Crippen molar-refractivity contribution >= 4 is 23.4 Å². The number of halogens is 3. The Kier molecular flexibility index (Phi) is 6.22. The van der Waals surface area contributed by atoms with Crippen LogP contribution in [-0.2, 0) is 6.18 Å². The number of carbonyl (C=O) groups excluding carboxylic acids is 1. The lowest BCUT2D eigenvalue weighted by molar-refractivity contribution is -0.143. The summed E-state index contributed by atoms with van der Waals surface area (Å²) in [7, 11) is 1.35. The van der Waals surface area contributed by atoms with E-state index < -0.39 is 23.3 Å². The normalized spacial score (nSPS) is 11.3. The van der Waals surface area contributed by atoms with E-state index in [1.54, 1.807) is 18.3 Å². The molecule has 4 aromatic rings. The molecular weight excluding hydrogens is 459 g/mol. The molecule has 0 fully saturated rings. The van der Waals surface area contributed by atoms with E-state index in [-0.39, 0.29) is 17.4 Å². The van der Waals surface area contributed by atoms with Crippen LogP contribution in [0, 0.1) is 0 Å². The van der Waals surface area contributed by atoms with Gasteiger partial charge in [0.1, 0.15) is 10.1 Å². The molecule has 0 aliphatic rings. The van der Waals surface area contributed by atoms with Crippen molar-refractivity contribution in [1.29, 1.82) is 0 Å². The summed E-state index contributed by atoms with van der Waals surface area (Å²) in [6.45, 7) is 0. The Morgan fingerprint density at radius 3 is 2.55 bits per heavy atom. The minimum absolute atomic E-state index is 0.120. The summed E-state index contributed by atoms with van der Waals surface area (Å²) >= 11 is 1.24. The molecule has 4 heterocycles. The Hall–Kier alpha value is -4.00. The largest absolute Gasteiger partial charge is 0.480 e. The van der Waals surface area contributed by atoms with Gasteiger partial charge in [-0.25, -0.2) is 14.6 Å². The standard InChI is InChI=1S/C20H14F3N7O2S/c1-32-15-6-5-14(28-29-15)30-18(20(21,22)23)13(11-26-30)19(31)27-12-7-9-25-17(10-12)33-16-4-2-3-8-24-16/h2-11H,1H3,(H,25,27,31). The third kappa shape index (κ3) is 5.09. The number of nitrogens with one attached hydrogen (secondary N) is 1. The first-order valence-corrected chi connectivity index (χ1v) is 10.1. The van der Waals surface area contributed by atoms with Gasteiger partial charge in [0.15, 0.2) is 11.5 Å². The summed E-state index contributed by atoms with van der Waals surface area (Å²) < 4.78 is 46.9. The molecule has 0 saturated carbocycles. The van der Waals surface area contributed by atoms with Gasteiger partial charge in [0.2, 0.25) is 5.88 Å². The Labute approximate surface area is 189 Å². The van der Waals surface area contributed by atoms with Crippen molar-refractivity contribution in [2.45, 2.75) is 16.2 Å². The minimum atomic E-state index is -4.89. The fourth-order valence-corrected chi connectivity index (χ4v) is 3.53. The lowest BCUT2D eigenvalue weighted by Gasteiger charge is -2.12. The number of ether oxygens (including phenoxy) is 1. The average molecular weight is 473 g/mol. The van der Waals surface area contributed by atoms with Crippen LogP contribution in [0.25, 0.3) is 5.82 Å². The van der Waals surface area contributed by atoms with Crippen LogP contribution >= 0.6 is 11.8 Å². The van der Waals surface area contributed by atoms with Crippen molar-refractivity contribution in [3.05, 3.63) is 72.3 Å². The van der Waals surface area contributed by atoms with E-state index in [2.05, 4.69) is 30.6 Å². The lowest BCUT2D eigenvalue weighted by Crippen LogP contribution is -2.21. The number of anilines is 1. The molecule has 0 saturated heterocycles. The smallest absolute Gasteiger partial charge is 0.434 e. The SMILES string of the molecule is COc1ccc(-n2ncc(C(=O)Nc3ccnc(Sc4ccccn4)c3)c2C(F)(F)F)nn1. The van der Waals surface area contributed by atoms with E-state index >= 15 is 0 Å². The van der Waals surface area contributed by atoms with Crippen LogP contribution in [0.15, 0.2) is 71.1 Å². The molecule has 9 nitrogen and oxygen atoms in total. The molecule has 168 valence electrons. The van der Waals surface area contributed by atoms with Crippen molar-refractivity contribution in [2.24, 2.45) is 0 Å². The molecular formula is C20H14F3N7O2S. The van der Waals surface area contributed by atoms with Crippen molar-refractivity contribution < 1.29 is 22.7 Å². The second-order valence-corrected chi connectivity index (χ2v) is 7.40. The van der Waals surface area contributed by atoms with Crippen LogP contribution in [0.2, 0.25) is 0 Å². The first-order valence-electron chi connectivity index (χ1n) is 9.25. The van der Waals surface area contributed by atoms with E-state index in [1.165, 1.54) is 49.3 Å². The van der Waals surface area contributed by atoms with E-state index in [4.69, 9.17) is 4.74 Å². The number of nitrogens with zero attached hydrogens (tertiary/aromatic N) is 6. The van der Waals surface area contributed by atoms with Crippen molar-refractivity contribution in [3.8, 4) is 11.7 Å². The highest BCUT2D eigenvalue weighted by Crippen LogP contribution is 2.34. The van der Waals surface area contributed by atoms with Gasteiger partial charge in [-0.05, 0) is 30.3 Å². The van der Waals surface area contributed by atoms with Crippen molar-refractivity contribution in [2.75, 3.05) is 12.4 Å². The number of amides is 1.